The Morgan fingerprint density at radius 2 is 1.70 bits per heavy atom. The van der Waals surface area contributed by atoms with Gasteiger partial charge in [0.15, 0.2) is 0 Å². The van der Waals surface area contributed by atoms with Crippen LogP contribution in [0.2, 0.25) is 0 Å². The van der Waals surface area contributed by atoms with E-state index in [-0.39, 0.29) is 6.61 Å². The maximum absolute atomic E-state index is 8.88. The second-order valence-corrected chi connectivity index (χ2v) is 2.26. The minimum absolute atomic E-state index is 0.122. The van der Waals surface area contributed by atoms with Crippen LogP contribution in [0.3, 0.4) is 0 Å². The van der Waals surface area contributed by atoms with Crippen LogP contribution in [0.4, 0.5) is 0 Å². The lowest BCUT2D eigenvalue weighted by Crippen LogP contribution is -1.91. The highest BCUT2D eigenvalue weighted by molar-refractivity contribution is 7.45. The molecule has 0 amide bonds. The lowest BCUT2D eigenvalue weighted by Gasteiger charge is -1.84. The van der Waals surface area contributed by atoms with Crippen molar-refractivity contribution in [2.24, 2.45) is 0 Å². The van der Waals surface area contributed by atoms with Crippen LogP contribution < -0.4 is 0 Å². The van der Waals surface area contributed by atoms with Crippen LogP contribution in [0.1, 0.15) is 0 Å². The second-order valence-electron chi connectivity index (χ2n) is 1.23. The van der Waals surface area contributed by atoms with Gasteiger partial charge in [0.1, 0.15) is 0 Å². The van der Waals surface area contributed by atoms with Gasteiger partial charge < -0.3 is 24.5 Å². The number of phosphoric acid groups is 1. The molecule has 0 radical (unpaired) electrons. The monoisotopic (exact) mass is 174 g/mol. The molecule has 0 aliphatic rings. The molecule has 0 aliphatic heterocycles. The van der Waals surface area contributed by atoms with Crippen molar-refractivity contribution in [3.8, 4) is 0 Å². The Balaban J connectivity index is 0. The van der Waals surface area contributed by atoms with Crippen molar-refractivity contribution in [1.82, 2.24) is 0 Å². The van der Waals surface area contributed by atoms with E-state index in [1.54, 1.807) is 7.11 Å². The first kappa shape index (κ1) is 12.7. The lowest BCUT2D eigenvalue weighted by molar-refractivity contribution is 0.135. The number of methoxy groups -OCH3 is 1. The normalized spacial score (nSPS) is 10.1. The smallest absolute Gasteiger partial charge is 0.394 e. The number of aliphatic hydroxyl groups excluding tert-OH is 1. The topological polar surface area (TPSA) is 107 Å². The minimum Gasteiger partial charge on any atom is -0.394 e. The molecule has 0 unspecified atom stereocenters. The van der Waals surface area contributed by atoms with E-state index in [1.165, 1.54) is 0 Å². The van der Waals surface area contributed by atoms with Gasteiger partial charge in [0, 0.05) is 7.11 Å². The molecule has 0 rings (SSSR count). The molecule has 4 N–H and O–H groups in total. The van der Waals surface area contributed by atoms with Crippen molar-refractivity contribution in [3.05, 3.63) is 0 Å². The Bertz CT molecular complexity index is 86.9. The largest absolute Gasteiger partial charge is 0.466 e. The molecular formula is C3H11O6P. The van der Waals surface area contributed by atoms with Gasteiger partial charge in [-0.25, -0.2) is 4.57 Å². The fourth-order valence-corrected chi connectivity index (χ4v) is 0.0913. The summed E-state index contributed by atoms with van der Waals surface area (Å²) in [4.78, 5) is 21.6. The van der Waals surface area contributed by atoms with Crippen LogP contribution >= 0.6 is 7.82 Å². The van der Waals surface area contributed by atoms with Crippen molar-refractivity contribution in [2.45, 2.75) is 0 Å². The van der Waals surface area contributed by atoms with E-state index >= 15 is 0 Å². The van der Waals surface area contributed by atoms with E-state index in [2.05, 4.69) is 4.74 Å². The van der Waals surface area contributed by atoms with Crippen molar-refractivity contribution >= 4 is 7.82 Å². The number of rotatable bonds is 2. The number of hydrogen-bond acceptors (Lipinski definition) is 3. The molecule has 0 aliphatic carbocycles. The van der Waals surface area contributed by atoms with E-state index in [1.807, 2.05) is 0 Å². The first-order valence-corrected chi connectivity index (χ1v) is 3.86. The minimum atomic E-state index is -4.64. The van der Waals surface area contributed by atoms with Crippen LogP contribution in [0.25, 0.3) is 0 Å². The Morgan fingerprint density at radius 3 is 1.70 bits per heavy atom. The quantitative estimate of drug-likeness (QED) is 0.387. The van der Waals surface area contributed by atoms with Crippen molar-refractivity contribution < 1.29 is 29.1 Å². The van der Waals surface area contributed by atoms with Gasteiger partial charge in [0.2, 0.25) is 0 Å². The standard InChI is InChI=1S/C3H8O2.H3O4P/c1-5-3-2-4;1-5(2,3)4/h4H,2-3H2,1H3;(H3,1,2,3,4). The van der Waals surface area contributed by atoms with Gasteiger partial charge in [-0.3, -0.25) is 0 Å². The predicted molar refractivity (Wildman–Crippen MR) is 33.2 cm³/mol. The zero-order valence-corrected chi connectivity index (χ0v) is 6.36. The number of aliphatic hydroxyl groups is 1. The van der Waals surface area contributed by atoms with Gasteiger partial charge in [-0.1, -0.05) is 0 Å². The fourth-order valence-electron chi connectivity index (χ4n) is 0.0913. The number of hydrogen-bond donors (Lipinski definition) is 4. The lowest BCUT2D eigenvalue weighted by atomic mass is 10.8. The van der Waals surface area contributed by atoms with Gasteiger partial charge in [-0.15, -0.1) is 0 Å². The second kappa shape index (κ2) is 7.14. The molecule has 0 saturated carbocycles. The first-order chi connectivity index (χ1) is 4.41. The summed E-state index contributed by atoms with van der Waals surface area (Å²) in [6, 6.07) is 0. The van der Waals surface area contributed by atoms with Gasteiger partial charge in [0.05, 0.1) is 13.2 Å². The Hall–Kier alpha value is 0.0300. The van der Waals surface area contributed by atoms with Crippen molar-refractivity contribution in [3.63, 3.8) is 0 Å². The van der Waals surface area contributed by atoms with E-state index in [4.69, 9.17) is 24.4 Å². The van der Waals surface area contributed by atoms with Crippen LogP contribution in [-0.4, -0.2) is 40.1 Å². The van der Waals surface area contributed by atoms with E-state index in [9.17, 15) is 0 Å². The highest BCUT2D eigenvalue weighted by Crippen LogP contribution is 2.25. The third-order valence-corrected chi connectivity index (χ3v) is 0.295. The molecule has 0 saturated heterocycles. The summed E-state index contributed by atoms with van der Waals surface area (Å²) in [7, 11) is -3.09. The summed E-state index contributed by atoms with van der Waals surface area (Å²) < 4.78 is 13.3. The molecular weight excluding hydrogens is 163 g/mol. The molecule has 0 fully saturated rings. The zero-order valence-electron chi connectivity index (χ0n) is 5.47. The molecule has 0 bridgehead atoms. The van der Waals surface area contributed by atoms with E-state index in [0.29, 0.717) is 6.61 Å². The van der Waals surface area contributed by atoms with Crippen LogP contribution in [0.5, 0.6) is 0 Å². The summed E-state index contributed by atoms with van der Waals surface area (Å²) in [6.07, 6.45) is 0. The highest BCUT2D eigenvalue weighted by Gasteiger charge is 2.00. The molecule has 0 atom stereocenters. The number of ether oxygens (including phenoxy) is 1. The summed E-state index contributed by atoms with van der Waals surface area (Å²) in [5, 5.41) is 7.94. The van der Waals surface area contributed by atoms with Crippen LogP contribution in [0.15, 0.2) is 0 Å². The molecule has 0 aromatic rings. The average molecular weight is 174 g/mol. The molecule has 0 aromatic heterocycles. The molecule has 0 heterocycles. The van der Waals surface area contributed by atoms with Gasteiger partial charge >= 0.3 is 7.82 Å². The third kappa shape index (κ3) is 96.3. The molecule has 0 spiro atoms. The van der Waals surface area contributed by atoms with Gasteiger partial charge in [0.25, 0.3) is 0 Å². The fraction of sp³-hybridized carbons (Fsp3) is 1.00. The molecule has 10 heavy (non-hydrogen) atoms. The first-order valence-electron chi connectivity index (χ1n) is 2.30. The maximum Gasteiger partial charge on any atom is 0.466 e. The highest BCUT2D eigenvalue weighted by atomic mass is 31.2. The predicted octanol–water partition coefficient (Wildman–Crippen LogP) is -1.30. The van der Waals surface area contributed by atoms with Crippen molar-refractivity contribution in [1.29, 1.82) is 0 Å². The molecule has 64 valence electrons. The Labute approximate surface area is 58.3 Å². The van der Waals surface area contributed by atoms with Crippen LogP contribution in [-0.2, 0) is 9.30 Å². The van der Waals surface area contributed by atoms with E-state index in [0.717, 1.165) is 0 Å². The summed E-state index contributed by atoms with van der Waals surface area (Å²) in [5.41, 5.74) is 0. The maximum atomic E-state index is 8.88. The van der Waals surface area contributed by atoms with Gasteiger partial charge in [-0.05, 0) is 0 Å². The average Bonchev–Trinajstić information content (AvgIpc) is 1.63. The Morgan fingerprint density at radius 1 is 1.40 bits per heavy atom. The Kier molecular flexibility index (Phi) is 9.06. The SMILES string of the molecule is COCCO.O=P(O)(O)O. The summed E-state index contributed by atoms with van der Waals surface area (Å²) in [6.45, 7) is 0.566. The van der Waals surface area contributed by atoms with Crippen molar-refractivity contribution in [2.75, 3.05) is 20.3 Å². The molecule has 7 heteroatoms. The zero-order chi connectivity index (χ0) is 8.62. The molecule has 0 aromatic carbocycles. The van der Waals surface area contributed by atoms with Crippen LogP contribution in [0, 0.1) is 0 Å². The molecule has 6 nitrogen and oxygen atoms in total. The summed E-state index contributed by atoms with van der Waals surface area (Å²) >= 11 is 0. The van der Waals surface area contributed by atoms with Gasteiger partial charge in [-0.2, -0.15) is 0 Å². The van der Waals surface area contributed by atoms with E-state index < -0.39 is 7.82 Å². The third-order valence-electron chi connectivity index (χ3n) is 0.295. The summed E-state index contributed by atoms with van der Waals surface area (Å²) in [5.74, 6) is 0.